The first-order valence-electron chi connectivity index (χ1n) is 6.74. The van der Waals surface area contributed by atoms with Crippen molar-refractivity contribution in [1.29, 1.82) is 0 Å². The topological polar surface area (TPSA) is 29.5 Å². The van der Waals surface area contributed by atoms with Gasteiger partial charge in [0.25, 0.3) is 0 Å². The van der Waals surface area contributed by atoms with Gasteiger partial charge in [0.2, 0.25) is 0 Å². The van der Waals surface area contributed by atoms with Crippen LogP contribution in [0, 0.1) is 5.92 Å². The van der Waals surface area contributed by atoms with E-state index in [4.69, 9.17) is 4.74 Å². The Labute approximate surface area is 111 Å². The number of hydrogen-bond acceptors (Lipinski definition) is 2. The SMILES string of the molecule is COc1cc(C(C)(C)CCCC(C)C)ccc1O. The van der Waals surface area contributed by atoms with Gasteiger partial charge in [-0.15, -0.1) is 0 Å². The van der Waals surface area contributed by atoms with E-state index < -0.39 is 0 Å². The third-order valence-electron chi connectivity index (χ3n) is 3.54. The van der Waals surface area contributed by atoms with Crippen molar-refractivity contribution in [2.45, 2.75) is 52.4 Å². The molecule has 0 amide bonds. The summed E-state index contributed by atoms with van der Waals surface area (Å²) in [6.45, 7) is 9.02. The van der Waals surface area contributed by atoms with Gasteiger partial charge in [0.05, 0.1) is 7.11 Å². The number of hydrogen-bond donors (Lipinski definition) is 1. The minimum atomic E-state index is 0.121. The molecule has 0 aliphatic rings. The van der Waals surface area contributed by atoms with Crippen LogP contribution in [0.25, 0.3) is 0 Å². The Morgan fingerprint density at radius 3 is 2.50 bits per heavy atom. The summed E-state index contributed by atoms with van der Waals surface area (Å²) in [5, 5.41) is 9.62. The van der Waals surface area contributed by atoms with Crippen molar-refractivity contribution in [3.63, 3.8) is 0 Å². The Kier molecular flexibility index (Phi) is 5.06. The van der Waals surface area contributed by atoms with Crippen molar-refractivity contribution < 1.29 is 9.84 Å². The van der Waals surface area contributed by atoms with E-state index in [-0.39, 0.29) is 11.2 Å². The van der Waals surface area contributed by atoms with Crippen LogP contribution in [0.15, 0.2) is 18.2 Å². The second kappa shape index (κ2) is 6.12. The first-order chi connectivity index (χ1) is 8.36. The van der Waals surface area contributed by atoms with Crippen LogP contribution < -0.4 is 4.74 Å². The molecule has 1 rings (SSSR count). The maximum Gasteiger partial charge on any atom is 0.160 e. The van der Waals surface area contributed by atoms with Crippen LogP contribution in [0.1, 0.15) is 52.5 Å². The molecule has 18 heavy (non-hydrogen) atoms. The van der Waals surface area contributed by atoms with Gasteiger partial charge in [0.15, 0.2) is 11.5 Å². The second-order valence-corrected chi connectivity index (χ2v) is 6.06. The van der Waals surface area contributed by atoms with Crippen LogP contribution in [0.2, 0.25) is 0 Å². The molecule has 2 nitrogen and oxygen atoms in total. The number of benzene rings is 1. The van der Waals surface area contributed by atoms with Gasteiger partial charge in [-0.3, -0.25) is 0 Å². The minimum Gasteiger partial charge on any atom is -0.504 e. The summed E-state index contributed by atoms with van der Waals surface area (Å²) in [5.41, 5.74) is 1.34. The summed E-state index contributed by atoms with van der Waals surface area (Å²) < 4.78 is 5.17. The number of ether oxygens (including phenoxy) is 1. The predicted octanol–water partition coefficient (Wildman–Crippen LogP) is 4.50. The summed E-state index contributed by atoms with van der Waals surface area (Å²) >= 11 is 0. The van der Waals surface area contributed by atoms with E-state index >= 15 is 0 Å². The fraction of sp³-hybridized carbons (Fsp3) is 0.625. The van der Waals surface area contributed by atoms with Gasteiger partial charge in [-0.05, 0) is 35.4 Å². The Morgan fingerprint density at radius 2 is 1.94 bits per heavy atom. The highest BCUT2D eigenvalue weighted by Crippen LogP contribution is 2.35. The van der Waals surface area contributed by atoms with E-state index in [9.17, 15) is 5.11 Å². The van der Waals surface area contributed by atoms with Crippen molar-refractivity contribution in [2.75, 3.05) is 7.11 Å². The lowest BCUT2D eigenvalue weighted by Crippen LogP contribution is -2.17. The summed E-state index contributed by atoms with van der Waals surface area (Å²) in [7, 11) is 1.59. The van der Waals surface area contributed by atoms with E-state index in [0.29, 0.717) is 5.75 Å². The zero-order valence-electron chi connectivity index (χ0n) is 12.3. The summed E-state index contributed by atoms with van der Waals surface area (Å²) in [5.74, 6) is 1.53. The molecule has 0 saturated heterocycles. The van der Waals surface area contributed by atoms with E-state index in [1.807, 2.05) is 12.1 Å². The third-order valence-corrected chi connectivity index (χ3v) is 3.54. The lowest BCUT2D eigenvalue weighted by Gasteiger charge is -2.26. The summed E-state index contributed by atoms with van der Waals surface area (Å²) in [4.78, 5) is 0. The Balaban J connectivity index is 2.77. The van der Waals surface area contributed by atoms with Crippen molar-refractivity contribution >= 4 is 0 Å². The van der Waals surface area contributed by atoms with Crippen molar-refractivity contribution in [1.82, 2.24) is 0 Å². The average molecular weight is 250 g/mol. The van der Waals surface area contributed by atoms with Gasteiger partial charge in [0, 0.05) is 0 Å². The van der Waals surface area contributed by atoms with Gasteiger partial charge in [-0.1, -0.05) is 46.6 Å². The highest BCUT2D eigenvalue weighted by molar-refractivity contribution is 5.43. The van der Waals surface area contributed by atoms with Gasteiger partial charge < -0.3 is 9.84 Å². The first-order valence-corrected chi connectivity index (χ1v) is 6.74. The monoisotopic (exact) mass is 250 g/mol. The van der Waals surface area contributed by atoms with E-state index in [1.54, 1.807) is 13.2 Å². The van der Waals surface area contributed by atoms with Crippen molar-refractivity contribution in [2.24, 2.45) is 5.92 Å². The molecule has 0 unspecified atom stereocenters. The van der Waals surface area contributed by atoms with Crippen LogP contribution in [0.5, 0.6) is 11.5 Å². The molecule has 0 atom stereocenters. The largest absolute Gasteiger partial charge is 0.504 e. The Morgan fingerprint density at radius 1 is 1.28 bits per heavy atom. The van der Waals surface area contributed by atoms with Crippen LogP contribution in [-0.2, 0) is 5.41 Å². The van der Waals surface area contributed by atoms with E-state index in [1.165, 1.54) is 18.4 Å². The van der Waals surface area contributed by atoms with Gasteiger partial charge in [-0.2, -0.15) is 0 Å². The van der Waals surface area contributed by atoms with Gasteiger partial charge in [-0.25, -0.2) is 0 Å². The molecule has 0 spiro atoms. The second-order valence-electron chi connectivity index (χ2n) is 6.06. The lowest BCUT2D eigenvalue weighted by atomic mass is 9.79. The Hall–Kier alpha value is -1.18. The van der Waals surface area contributed by atoms with E-state index in [0.717, 1.165) is 12.3 Å². The molecule has 0 bridgehead atoms. The summed E-state index contributed by atoms with van der Waals surface area (Å²) in [6, 6.07) is 5.66. The molecule has 0 heterocycles. The highest BCUT2D eigenvalue weighted by Gasteiger charge is 2.21. The standard InChI is InChI=1S/C16H26O2/c1-12(2)7-6-10-16(3,4)13-8-9-14(17)15(11-13)18-5/h8-9,11-12,17H,6-7,10H2,1-5H3. The average Bonchev–Trinajstić information content (AvgIpc) is 2.28. The Bertz CT molecular complexity index is 381. The van der Waals surface area contributed by atoms with Crippen LogP contribution >= 0.6 is 0 Å². The summed E-state index contributed by atoms with van der Waals surface area (Å²) in [6.07, 6.45) is 3.64. The van der Waals surface area contributed by atoms with Crippen LogP contribution in [0.4, 0.5) is 0 Å². The molecule has 0 aliphatic heterocycles. The maximum atomic E-state index is 9.62. The molecule has 0 aromatic heterocycles. The number of rotatable bonds is 6. The molecule has 2 heteroatoms. The normalized spacial score (nSPS) is 11.9. The number of aromatic hydroxyl groups is 1. The molecule has 0 aliphatic carbocycles. The fourth-order valence-corrected chi connectivity index (χ4v) is 2.20. The number of phenolic OH excluding ortho intramolecular Hbond substituents is 1. The van der Waals surface area contributed by atoms with Crippen molar-refractivity contribution in [3.05, 3.63) is 23.8 Å². The van der Waals surface area contributed by atoms with Gasteiger partial charge in [0.1, 0.15) is 0 Å². The quantitative estimate of drug-likeness (QED) is 0.805. The molecule has 1 N–H and O–H groups in total. The predicted molar refractivity (Wildman–Crippen MR) is 76.4 cm³/mol. The maximum absolute atomic E-state index is 9.62. The van der Waals surface area contributed by atoms with Gasteiger partial charge >= 0.3 is 0 Å². The molecule has 0 radical (unpaired) electrons. The van der Waals surface area contributed by atoms with E-state index in [2.05, 4.69) is 27.7 Å². The number of phenols is 1. The van der Waals surface area contributed by atoms with Crippen molar-refractivity contribution in [3.8, 4) is 11.5 Å². The molecular weight excluding hydrogens is 224 g/mol. The highest BCUT2D eigenvalue weighted by atomic mass is 16.5. The van der Waals surface area contributed by atoms with Crippen LogP contribution in [0.3, 0.4) is 0 Å². The molecular formula is C16H26O2. The zero-order chi connectivity index (χ0) is 13.8. The smallest absolute Gasteiger partial charge is 0.160 e. The molecule has 1 aromatic carbocycles. The third kappa shape index (κ3) is 3.94. The molecule has 0 fully saturated rings. The van der Waals surface area contributed by atoms with Crippen LogP contribution in [-0.4, -0.2) is 12.2 Å². The first kappa shape index (κ1) is 14.9. The molecule has 1 aromatic rings. The zero-order valence-corrected chi connectivity index (χ0v) is 12.3. The molecule has 102 valence electrons. The number of methoxy groups -OCH3 is 1. The molecule has 0 saturated carbocycles. The lowest BCUT2D eigenvalue weighted by molar-refractivity contribution is 0.369. The minimum absolute atomic E-state index is 0.121. The fourth-order valence-electron chi connectivity index (χ4n) is 2.20.